The minimum atomic E-state index is -0.952. The molecule has 1 aliphatic rings. The van der Waals surface area contributed by atoms with E-state index in [1.54, 1.807) is 6.07 Å². The van der Waals surface area contributed by atoms with Crippen LogP contribution in [-0.4, -0.2) is 27.5 Å². The fourth-order valence-electron chi connectivity index (χ4n) is 4.40. The average Bonchev–Trinajstić information content (AvgIpc) is 2.81. The Hall–Kier alpha value is -3.18. The summed E-state index contributed by atoms with van der Waals surface area (Å²) in [5, 5.41) is 11.7. The van der Waals surface area contributed by atoms with Crippen molar-refractivity contribution in [1.82, 2.24) is 9.88 Å². The molecule has 1 aromatic heterocycles. The van der Waals surface area contributed by atoms with Crippen LogP contribution in [-0.2, 0) is 13.1 Å². The number of carboxylic acids is 1. The third kappa shape index (κ3) is 4.25. The molecule has 0 unspecified atom stereocenters. The Bertz CT molecular complexity index is 1400. The second-order valence-corrected chi connectivity index (χ2v) is 8.86. The van der Waals surface area contributed by atoms with Gasteiger partial charge < -0.3 is 5.11 Å². The summed E-state index contributed by atoms with van der Waals surface area (Å²) in [6.07, 6.45) is 1.97. The molecule has 0 aliphatic carbocycles. The number of fused-ring (bicyclic) bond motifs is 2. The van der Waals surface area contributed by atoms with Crippen molar-refractivity contribution in [3.05, 3.63) is 111 Å². The van der Waals surface area contributed by atoms with Crippen LogP contribution in [0.3, 0.4) is 0 Å². The minimum absolute atomic E-state index is 0.302. The number of carbonyl (C=O) groups is 1. The van der Waals surface area contributed by atoms with Gasteiger partial charge in [0, 0.05) is 30.6 Å². The zero-order valence-electron chi connectivity index (χ0n) is 17.6. The second-order valence-electron chi connectivity index (χ2n) is 8.08. The number of benzene rings is 3. The zero-order chi connectivity index (χ0) is 22.9. The number of halogens is 2. The first-order valence-corrected chi connectivity index (χ1v) is 11.3. The first-order valence-electron chi connectivity index (χ1n) is 10.6. The Morgan fingerprint density at radius 1 is 0.970 bits per heavy atom. The summed E-state index contributed by atoms with van der Waals surface area (Å²) in [5.74, 6) is -0.952. The van der Waals surface area contributed by atoms with Gasteiger partial charge in [-0.05, 0) is 34.9 Å². The van der Waals surface area contributed by atoms with Crippen molar-refractivity contribution in [3.63, 3.8) is 0 Å². The van der Waals surface area contributed by atoms with Gasteiger partial charge in [0.15, 0.2) is 0 Å². The molecular weight excluding hydrogens is 455 g/mol. The van der Waals surface area contributed by atoms with Gasteiger partial charge >= 0.3 is 5.97 Å². The highest BCUT2D eigenvalue weighted by Crippen LogP contribution is 2.36. The molecule has 164 valence electrons. The summed E-state index contributed by atoms with van der Waals surface area (Å²) in [7, 11) is 0. The van der Waals surface area contributed by atoms with E-state index in [1.807, 2.05) is 60.7 Å². The summed E-state index contributed by atoms with van der Waals surface area (Å²) in [4.78, 5) is 19.5. The summed E-state index contributed by atoms with van der Waals surface area (Å²) >= 11 is 12.7. The van der Waals surface area contributed by atoms with Gasteiger partial charge in [0.25, 0.3) is 0 Å². The molecule has 3 aromatic carbocycles. The number of nitrogens with zero attached hydrogens (tertiary/aromatic N) is 2. The van der Waals surface area contributed by atoms with Crippen molar-refractivity contribution in [2.75, 3.05) is 6.54 Å². The molecule has 0 bridgehead atoms. The third-order valence-electron chi connectivity index (χ3n) is 5.85. The van der Waals surface area contributed by atoms with E-state index in [9.17, 15) is 9.90 Å². The number of para-hydroxylation sites is 1. The quantitative estimate of drug-likeness (QED) is 0.353. The molecule has 1 aliphatic heterocycles. The van der Waals surface area contributed by atoms with Crippen LogP contribution in [0.25, 0.3) is 22.6 Å². The average molecular weight is 475 g/mol. The van der Waals surface area contributed by atoms with E-state index in [0.717, 1.165) is 16.7 Å². The van der Waals surface area contributed by atoms with E-state index in [4.69, 9.17) is 28.2 Å². The van der Waals surface area contributed by atoms with Gasteiger partial charge in [0.05, 0.1) is 26.8 Å². The van der Waals surface area contributed by atoms with Crippen LogP contribution in [0.5, 0.6) is 0 Å². The molecule has 6 heteroatoms. The third-order valence-corrected chi connectivity index (χ3v) is 6.68. The maximum atomic E-state index is 12.4. The molecule has 33 heavy (non-hydrogen) atoms. The van der Waals surface area contributed by atoms with Crippen molar-refractivity contribution in [3.8, 4) is 0 Å². The summed E-state index contributed by atoms with van der Waals surface area (Å²) < 4.78 is 0. The lowest BCUT2D eigenvalue weighted by Gasteiger charge is -2.31. The highest BCUT2D eigenvalue weighted by molar-refractivity contribution is 6.43. The standard InChI is InChI=1S/C27H20Cl2N2O2/c28-22-11-6-9-18(25(22)29)13-19-15-31(14-17-7-2-1-3-8-17)16-21-24(27(32)33)20-10-4-5-12-23(20)30-26(19)21/h1-13H,14-16H2,(H,32,33). The predicted molar refractivity (Wildman–Crippen MR) is 134 cm³/mol. The lowest BCUT2D eigenvalue weighted by Crippen LogP contribution is -2.31. The van der Waals surface area contributed by atoms with Crippen molar-refractivity contribution < 1.29 is 9.90 Å². The van der Waals surface area contributed by atoms with Gasteiger partial charge in [-0.25, -0.2) is 9.78 Å². The Balaban J connectivity index is 1.71. The number of carboxylic acid groups (broad SMARTS) is 1. The van der Waals surface area contributed by atoms with Crippen LogP contribution in [0.4, 0.5) is 0 Å². The molecular formula is C27H20Cl2N2O2. The number of aromatic nitrogens is 1. The topological polar surface area (TPSA) is 53.4 Å². The molecule has 4 nitrogen and oxygen atoms in total. The predicted octanol–water partition coefficient (Wildman–Crippen LogP) is 6.80. The largest absolute Gasteiger partial charge is 0.478 e. The van der Waals surface area contributed by atoms with Gasteiger partial charge in [-0.2, -0.15) is 0 Å². The van der Waals surface area contributed by atoms with Crippen LogP contribution in [0, 0.1) is 0 Å². The summed E-state index contributed by atoms with van der Waals surface area (Å²) in [6, 6.07) is 23.0. The second kappa shape index (κ2) is 8.99. The van der Waals surface area contributed by atoms with E-state index in [0.29, 0.717) is 57.4 Å². The van der Waals surface area contributed by atoms with Gasteiger partial charge in [-0.1, -0.05) is 83.9 Å². The molecule has 0 spiro atoms. The minimum Gasteiger partial charge on any atom is -0.478 e. The van der Waals surface area contributed by atoms with Gasteiger partial charge in [-0.3, -0.25) is 4.90 Å². The number of hydrogen-bond acceptors (Lipinski definition) is 3. The summed E-state index contributed by atoms with van der Waals surface area (Å²) in [5.41, 5.74) is 5.22. The molecule has 1 N–H and O–H groups in total. The number of aromatic carboxylic acids is 1. The summed E-state index contributed by atoms with van der Waals surface area (Å²) in [6.45, 7) is 1.78. The molecule has 0 amide bonds. The lowest BCUT2D eigenvalue weighted by molar-refractivity contribution is 0.0696. The van der Waals surface area contributed by atoms with Crippen LogP contribution in [0.1, 0.15) is 32.7 Å². The van der Waals surface area contributed by atoms with Crippen LogP contribution in [0.2, 0.25) is 10.0 Å². The van der Waals surface area contributed by atoms with Crippen molar-refractivity contribution >= 4 is 51.7 Å². The van der Waals surface area contributed by atoms with E-state index in [1.165, 1.54) is 0 Å². The highest BCUT2D eigenvalue weighted by atomic mass is 35.5. The molecule has 5 rings (SSSR count). The maximum absolute atomic E-state index is 12.4. The first-order chi connectivity index (χ1) is 16.0. The Morgan fingerprint density at radius 3 is 2.52 bits per heavy atom. The zero-order valence-corrected chi connectivity index (χ0v) is 19.1. The first kappa shape index (κ1) is 21.7. The smallest absolute Gasteiger partial charge is 0.336 e. The fraction of sp³-hybridized carbons (Fsp3) is 0.111. The van der Waals surface area contributed by atoms with Crippen molar-refractivity contribution in [2.24, 2.45) is 0 Å². The lowest BCUT2D eigenvalue weighted by atomic mass is 9.91. The highest BCUT2D eigenvalue weighted by Gasteiger charge is 2.28. The van der Waals surface area contributed by atoms with E-state index in [-0.39, 0.29) is 0 Å². The Kier molecular flexibility index (Phi) is 5.90. The molecule has 0 saturated carbocycles. The molecule has 0 radical (unpaired) electrons. The van der Waals surface area contributed by atoms with Gasteiger partial charge in [0.1, 0.15) is 0 Å². The molecule has 4 aromatic rings. The number of rotatable bonds is 4. The maximum Gasteiger partial charge on any atom is 0.336 e. The van der Waals surface area contributed by atoms with Gasteiger partial charge in [0.2, 0.25) is 0 Å². The monoisotopic (exact) mass is 474 g/mol. The van der Waals surface area contributed by atoms with Crippen molar-refractivity contribution in [2.45, 2.75) is 13.1 Å². The van der Waals surface area contributed by atoms with Crippen LogP contribution < -0.4 is 0 Å². The fourth-order valence-corrected chi connectivity index (χ4v) is 4.76. The van der Waals surface area contributed by atoms with E-state index < -0.39 is 5.97 Å². The van der Waals surface area contributed by atoms with E-state index >= 15 is 0 Å². The molecule has 0 atom stereocenters. The van der Waals surface area contributed by atoms with E-state index in [2.05, 4.69) is 17.0 Å². The van der Waals surface area contributed by atoms with Crippen LogP contribution in [0.15, 0.2) is 72.8 Å². The Labute approximate surface area is 201 Å². The number of pyridine rings is 1. The Morgan fingerprint density at radius 2 is 1.73 bits per heavy atom. The molecule has 0 fully saturated rings. The van der Waals surface area contributed by atoms with Crippen LogP contribution >= 0.6 is 23.2 Å². The SMILES string of the molecule is O=C(O)c1c2c(nc3ccccc13)C(=Cc1cccc(Cl)c1Cl)CN(Cc1ccccc1)C2. The number of hydrogen-bond donors (Lipinski definition) is 1. The van der Waals surface area contributed by atoms with Crippen molar-refractivity contribution in [1.29, 1.82) is 0 Å². The van der Waals surface area contributed by atoms with Gasteiger partial charge in [-0.15, -0.1) is 0 Å². The normalized spacial score (nSPS) is 15.0. The molecule has 2 heterocycles. The molecule has 0 saturated heterocycles.